The van der Waals surface area contributed by atoms with Crippen molar-refractivity contribution in [1.82, 2.24) is 4.98 Å². The maximum absolute atomic E-state index is 12.8. The first kappa shape index (κ1) is 12.0. The number of nitrogens with zero attached hydrogens (tertiary/aromatic N) is 1. The Balaban J connectivity index is 1.82. The van der Waals surface area contributed by atoms with Crippen molar-refractivity contribution in [2.45, 2.75) is 19.4 Å². The SMILES string of the molecule is C[C@H]1COc2n[c]c(Cc3ccc(F)cc3)cc2N1. The maximum atomic E-state index is 12.8. The highest BCUT2D eigenvalue weighted by Gasteiger charge is 2.16. The van der Waals surface area contributed by atoms with E-state index >= 15 is 0 Å². The van der Waals surface area contributed by atoms with Gasteiger partial charge in [0.25, 0.3) is 0 Å². The highest BCUT2D eigenvalue weighted by Crippen LogP contribution is 2.27. The molecule has 0 aliphatic carbocycles. The second-order valence-electron chi connectivity index (χ2n) is 4.77. The van der Waals surface area contributed by atoms with Crippen molar-refractivity contribution in [1.29, 1.82) is 0 Å². The molecule has 3 rings (SSSR count). The molecule has 97 valence electrons. The summed E-state index contributed by atoms with van der Waals surface area (Å²) in [5, 5.41) is 3.33. The number of hydrogen-bond donors (Lipinski definition) is 1. The summed E-state index contributed by atoms with van der Waals surface area (Å²) in [5.74, 6) is 0.376. The Labute approximate surface area is 111 Å². The molecule has 2 heterocycles. The van der Waals surface area contributed by atoms with E-state index in [0.29, 0.717) is 18.9 Å². The number of pyridine rings is 1. The number of hydrogen-bond acceptors (Lipinski definition) is 3. The van der Waals surface area contributed by atoms with Crippen LogP contribution in [-0.2, 0) is 6.42 Å². The van der Waals surface area contributed by atoms with Gasteiger partial charge < -0.3 is 10.1 Å². The predicted octanol–water partition coefficient (Wildman–Crippen LogP) is 2.80. The highest BCUT2D eigenvalue weighted by atomic mass is 19.1. The van der Waals surface area contributed by atoms with Gasteiger partial charge in [-0.1, -0.05) is 12.1 Å². The first-order valence-electron chi connectivity index (χ1n) is 6.26. The number of nitrogens with one attached hydrogen (secondary N) is 1. The first-order valence-corrected chi connectivity index (χ1v) is 6.26. The van der Waals surface area contributed by atoms with E-state index in [1.54, 1.807) is 12.1 Å². The topological polar surface area (TPSA) is 34.1 Å². The third-order valence-corrected chi connectivity index (χ3v) is 3.03. The fourth-order valence-electron chi connectivity index (χ4n) is 2.09. The molecule has 0 fully saturated rings. The molecule has 19 heavy (non-hydrogen) atoms. The van der Waals surface area contributed by atoms with Crippen LogP contribution in [0.5, 0.6) is 5.88 Å². The summed E-state index contributed by atoms with van der Waals surface area (Å²) in [6, 6.07) is 8.73. The van der Waals surface area contributed by atoms with Crippen LogP contribution in [0.1, 0.15) is 18.1 Å². The molecule has 1 atom stereocenters. The van der Waals surface area contributed by atoms with Crippen molar-refractivity contribution in [2.75, 3.05) is 11.9 Å². The molecular weight excluding hydrogens is 243 g/mol. The molecule has 0 spiro atoms. The zero-order valence-electron chi connectivity index (χ0n) is 10.6. The lowest BCUT2D eigenvalue weighted by Crippen LogP contribution is -2.28. The van der Waals surface area contributed by atoms with Gasteiger partial charge in [0.2, 0.25) is 5.88 Å². The van der Waals surface area contributed by atoms with Crippen LogP contribution in [0.3, 0.4) is 0 Å². The van der Waals surface area contributed by atoms with Gasteiger partial charge in [0.15, 0.2) is 0 Å². The molecule has 0 amide bonds. The molecule has 3 nitrogen and oxygen atoms in total. The summed E-state index contributed by atoms with van der Waals surface area (Å²) < 4.78 is 18.3. The minimum Gasteiger partial charge on any atom is -0.474 e. The van der Waals surface area contributed by atoms with Crippen molar-refractivity contribution in [3.05, 3.63) is 53.5 Å². The number of aromatic nitrogens is 1. The quantitative estimate of drug-likeness (QED) is 0.898. The lowest BCUT2D eigenvalue weighted by atomic mass is 10.1. The number of benzene rings is 1. The second-order valence-corrected chi connectivity index (χ2v) is 4.77. The maximum Gasteiger partial charge on any atom is 0.238 e. The largest absolute Gasteiger partial charge is 0.474 e. The van der Waals surface area contributed by atoms with Gasteiger partial charge in [-0.2, -0.15) is 0 Å². The molecular formula is C15H14FN2O. The van der Waals surface area contributed by atoms with Crippen LogP contribution in [0.15, 0.2) is 30.3 Å². The number of ether oxygens (including phenoxy) is 1. The first-order chi connectivity index (χ1) is 9.20. The summed E-state index contributed by atoms with van der Waals surface area (Å²) >= 11 is 0. The molecule has 1 aliphatic rings. The van der Waals surface area contributed by atoms with E-state index in [1.165, 1.54) is 12.1 Å². The van der Waals surface area contributed by atoms with E-state index in [9.17, 15) is 4.39 Å². The molecule has 0 unspecified atom stereocenters. The van der Waals surface area contributed by atoms with E-state index in [2.05, 4.69) is 23.4 Å². The summed E-state index contributed by atoms with van der Waals surface area (Å²) in [5.41, 5.74) is 2.88. The average molecular weight is 257 g/mol. The van der Waals surface area contributed by atoms with Gasteiger partial charge in [0.05, 0.1) is 17.9 Å². The van der Waals surface area contributed by atoms with E-state index in [1.807, 2.05) is 6.07 Å². The summed E-state index contributed by atoms with van der Waals surface area (Å²) in [7, 11) is 0. The monoisotopic (exact) mass is 257 g/mol. The van der Waals surface area contributed by atoms with Crippen LogP contribution in [0.25, 0.3) is 0 Å². The molecule has 1 N–H and O–H groups in total. The van der Waals surface area contributed by atoms with Gasteiger partial charge in [-0.05, 0) is 42.7 Å². The predicted molar refractivity (Wildman–Crippen MR) is 70.9 cm³/mol. The Kier molecular flexibility index (Phi) is 3.07. The Morgan fingerprint density at radius 2 is 2.21 bits per heavy atom. The third kappa shape index (κ3) is 2.67. The van der Waals surface area contributed by atoms with Crippen LogP contribution in [0, 0.1) is 12.0 Å². The van der Waals surface area contributed by atoms with Gasteiger partial charge in [-0.3, -0.25) is 0 Å². The molecule has 1 radical (unpaired) electrons. The average Bonchev–Trinajstić information content (AvgIpc) is 2.41. The van der Waals surface area contributed by atoms with Gasteiger partial charge in [-0.25, -0.2) is 9.37 Å². The van der Waals surface area contributed by atoms with Gasteiger partial charge in [-0.15, -0.1) is 0 Å². The molecule has 0 saturated heterocycles. The Hall–Kier alpha value is -2.10. The fourth-order valence-corrected chi connectivity index (χ4v) is 2.09. The fraction of sp³-hybridized carbons (Fsp3) is 0.267. The van der Waals surface area contributed by atoms with Crippen LogP contribution in [0.4, 0.5) is 10.1 Å². The highest BCUT2D eigenvalue weighted by molar-refractivity contribution is 5.56. The second kappa shape index (κ2) is 4.88. The summed E-state index contributed by atoms with van der Waals surface area (Å²) in [6.07, 6.45) is 3.64. The smallest absolute Gasteiger partial charge is 0.238 e. The molecule has 0 saturated carbocycles. The van der Waals surface area contributed by atoms with Crippen LogP contribution < -0.4 is 10.1 Å². The molecule has 1 aromatic heterocycles. The molecule has 4 heteroatoms. The summed E-state index contributed by atoms with van der Waals surface area (Å²) in [6.45, 7) is 2.67. The normalized spacial score (nSPS) is 17.3. The van der Waals surface area contributed by atoms with Crippen molar-refractivity contribution >= 4 is 5.69 Å². The number of fused-ring (bicyclic) bond motifs is 1. The molecule has 1 aromatic carbocycles. The molecule has 0 bridgehead atoms. The van der Waals surface area contributed by atoms with Gasteiger partial charge in [0.1, 0.15) is 12.4 Å². The minimum atomic E-state index is -0.222. The van der Waals surface area contributed by atoms with Crippen molar-refractivity contribution in [2.24, 2.45) is 0 Å². The zero-order valence-corrected chi connectivity index (χ0v) is 10.6. The number of rotatable bonds is 2. The van der Waals surface area contributed by atoms with Crippen LogP contribution >= 0.6 is 0 Å². The lowest BCUT2D eigenvalue weighted by Gasteiger charge is -2.23. The standard InChI is InChI=1S/C15H14FN2O/c1-10-9-19-15-14(18-10)7-12(8-17-15)6-11-2-4-13(16)5-3-11/h2-5,7,10,18H,6,9H2,1H3/t10-/m0/s1. The number of halogens is 1. The van der Waals surface area contributed by atoms with Crippen LogP contribution in [-0.4, -0.2) is 17.6 Å². The van der Waals surface area contributed by atoms with E-state index in [4.69, 9.17) is 4.74 Å². The van der Waals surface area contributed by atoms with Crippen molar-refractivity contribution in [3.8, 4) is 5.88 Å². The van der Waals surface area contributed by atoms with E-state index in [0.717, 1.165) is 16.8 Å². The zero-order chi connectivity index (χ0) is 13.2. The molecule has 2 aromatic rings. The minimum absolute atomic E-state index is 0.222. The van der Waals surface area contributed by atoms with E-state index in [-0.39, 0.29) is 11.9 Å². The lowest BCUT2D eigenvalue weighted by molar-refractivity contribution is 0.280. The number of anilines is 1. The Morgan fingerprint density at radius 3 is 3.00 bits per heavy atom. The molecule has 1 aliphatic heterocycles. The third-order valence-electron chi connectivity index (χ3n) is 3.03. The Bertz CT molecular complexity index is 583. The van der Waals surface area contributed by atoms with E-state index < -0.39 is 0 Å². The van der Waals surface area contributed by atoms with Gasteiger partial charge in [0, 0.05) is 0 Å². The summed E-state index contributed by atoms with van der Waals surface area (Å²) in [4.78, 5) is 4.18. The van der Waals surface area contributed by atoms with Gasteiger partial charge >= 0.3 is 0 Å². The van der Waals surface area contributed by atoms with Crippen molar-refractivity contribution in [3.63, 3.8) is 0 Å². The van der Waals surface area contributed by atoms with Crippen molar-refractivity contribution < 1.29 is 9.13 Å². The van der Waals surface area contributed by atoms with Crippen LogP contribution in [0.2, 0.25) is 0 Å². The Morgan fingerprint density at radius 1 is 1.42 bits per heavy atom.